The molecule has 1 saturated heterocycles. The second-order valence-electron chi connectivity index (χ2n) is 3.54. The number of hydrogen-bond acceptors (Lipinski definition) is 1. The second kappa shape index (κ2) is 3.91. The Balaban J connectivity index is 2.32. The first-order valence-electron chi connectivity index (χ1n) is 4.64. The van der Waals surface area contributed by atoms with Gasteiger partial charge in [-0.05, 0) is 26.2 Å². The average Bonchev–Trinajstić information content (AvgIpc) is 2.05. The van der Waals surface area contributed by atoms with Gasteiger partial charge in [-0.15, -0.1) is 0 Å². The van der Waals surface area contributed by atoms with Gasteiger partial charge in [0.05, 0.1) is 0 Å². The van der Waals surface area contributed by atoms with Crippen molar-refractivity contribution < 1.29 is 0 Å². The van der Waals surface area contributed by atoms with Crippen molar-refractivity contribution in [3.05, 3.63) is 12.2 Å². The Hall–Kier alpha value is -0.300. The quantitative estimate of drug-likeness (QED) is 0.551. The van der Waals surface area contributed by atoms with E-state index in [1.54, 1.807) is 0 Å². The molecule has 1 fully saturated rings. The van der Waals surface area contributed by atoms with Gasteiger partial charge in [0.25, 0.3) is 0 Å². The topological polar surface area (TPSA) is 3.24 Å². The molecule has 1 nitrogen and oxygen atoms in total. The summed E-state index contributed by atoms with van der Waals surface area (Å²) in [5, 5.41) is 0. The number of likely N-dealkylation sites (tertiary alicyclic amines) is 1. The van der Waals surface area contributed by atoms with E-state index < -0.39 is 0 Å². The normalized spacial score (nSPS) is 23.6. The van der Waals surface area contributed by atoms with Crippen LogP contribution in [0.15, 0.2) is 12.2 Å². The van der Waals surface area contributed by atoms with Crippen LogP contribution in [-0.4, -0.2) is 24.0 Å². The van der Waals surface area contributed by atoms with Crippen molar-refractivity contribution in [2.24, 2.45) is 0 Å². The summed E-state index contributed by atoms with van der Waals surface area (Å²) in [4.78, 5) is 2.56. The highest BCUT2D eigenvalue weighted by Gasteiger charge is 2.16. The van der Waals surface area contributed by atoms with Crippen LogP contribution in [0, 0.1) is 0 Å². The predicted octanol–water partition coefficient (Wildman–Crippen LogP) is 2.44. The monoisotopic (exact) mass is 153 g/mol. The lowest BCUT2D eigenvalue weighted by Crippen LogP contribution is -2.37. The third-order valence-electron chi connectivity index (χ3n) is 2.72. The van der Waals surface area contributed by atoms with Crippen molar-refractivity contribution in [1.82, 2.24) is 4.90 Å². The highest BCUT2D eigenvalue weighted by molar-refractivity contribution is 4.99. The van der Waals surface area contributed by atoms with Crippen LogP contribution in [0.25, 0.3) is 0 Å². The number of hydrogen-bond donors (Lipinski definition) is 0. The van der Waals surface area contributed by atoms with Gasteiger partial charge >= 0.3 is 0 Å². The summed E-state index contributed by atoms with van der Waals surface area (Å²) >= 11 is 0. The molecule has 1 heterocycles. The Kier molecular flexibility index (Phi) is 3.13. The van der Waals surface area contributed by atoms with Crippen molar-refractivity contribution in [3.63, 3.8) is 0 Å². The molecule has 0 aliphatic carbocycles. The summed E-state index contributed by atoms with van der Waals surface area (Å²) in [6.45, 7) is 11.0. The molecule has 0 amide bonds. The molecule has 11 heavy (non-hydrogen) atoms. The zero-order valence-electron chi connectivity index (χ0n) is 7.77. The van der Waals surface area contributed by atoms with Crippen LogP contribution in [0.4, 0.5) is 0 Å². The van der Waals surface area contributed by atoms with Crippen molar-refractivity contribution in [2.75, 3.05) is 13.1 Å². The van der Waals surface area contributed by atoms with E-state index in [-0.39, 0.29) is 0 Å². The molecule has 0 N–H and O–H groups in total. The molecule has 64 valence electrons. The fourth-order valence-corrected chi connectivity index (χ4v) is 1.54. The molecule has 0 aromatic carbocycles. The number of piperidine rings is 1. The van der Waals surface area contributed by atoms with Crippen molar-refractivity contribution >= 4 is 0 Å². The molecule has 1 unspecified atom stereocenters. The summed E-state index contributed by atoms with van der Waals surface area (Å²) in [7, 11) is 0. The van der Waals surface area contributed by atoms with E-state index in [1.165, 1.54) is 37.9 Å². The fourth-order valence-electron chi connectivity index (χ4n) is 1.54. The van der Waals surface area contributed by atoms with Crippen LogP contribution in [0.1, 0.15) is 33.1 Å². The Morgan fingerprint density at radius 1 is 1.45 bits per heavy atom. The van der Waals surface area contributed by atoms with Crippen LogP contribution < -0.4 is 0 Å². The molecule has 0 aromatic heterocycles. The highest BCUT2D eigenvalue weighted by Crippen LogP contribution is 2.16. The maximum Gasteiger partial charge on any atom is 0.00645 e. The molecule has 0 radical (unpaired) electrons. The predicted molar refractivity (Wildman–Crippen MR) is 49.7 cm³/mol. The van der Waals surface area contributed by atoms with Crippen LogP contribution in [0.3, 0.4) is 0 Å². The van der Waals surface area contributed by atoms with Gasteiger partial charge in [-0.2, -0.15) is 0 Å². The zero-order valence-corrected chi connectivity index (χ0v) is 7.77. The largest absolute Gasteiger partial charge is 0.300 e. The molecular formula is C10H19N. The van der Waals surface area contributed by atoms with Crippen LogP contribution in [0.2, 0.25) is 0 Å². The molecule has 0 aromatic rings. The molecule has 0 bridgehead atoms. The van der Waals surface area contributed by atoms with E-state index in [4.69, 9.17) is 0 Å². The molecule has 1 heteroatoms. The van der Waals surface area contributed by atoms with Crippen molar-refractivity contribution in [3.8, 4) is 0 Å². The van der Waals surface area contributed by atoms with E-state index in [1.807, 2.05) is 0 Å². The average molecular weight is 153 g/mol. The first kappa shape index (κ1) is 8.79. The van der Waals surface area contributed by atoms with Gasteiger partial charge in [-0.3, -0.25) is 0 Å². The van der Waals surface area contributed by atoms with Gasteiger partial charge in [0.1, 0.15) is 0 Å². The molecule has 1 rings (SSSR count). The van der Waals surface area contributed by atoms with Gasteiger partial charge in [0.15, 0.2) is 0 Å². The van der Waals surface area contributed by atoms with E-state index in [0.717, 1.165) is 6.04 Å². The summed E-state index contributed by atoms with van der Waals surface area (Å²) in [5.74, 6) is 0. The molecule has 1 aliphatic rings. The Labute approximate surface area is 70.1 Å². The van der Waals surface area contributed by atoms with Crippen LogP contribution in [-0.2, 0) is 0 Å². The molecule has 1 aliphatic heterocycles. The fraction of sp³-hybridized carbons (Fsp3) is 0.800. The van der Waals surface area contributed by atoms with Gasteiger partial charge in [0, 0.05) is 19.1 Å². The number of nitrogens with zero attached hydrogens (tertiary/aromatic N) is 1. The SMILES string of the molecule is C=C1CCN(C(C)CC)CC1. The minimum Gasteiger partial charge on any atom is -0.300 e. The third-order valence-corrected chi connectivity index (χ3v) is 2.72. The third kappa shape index (κ3) is 2.33. The Bertz CT molecular complexity index is 130. The number of rotatable bonds is 2. The summed E-state index contributed by atoms with van der Waals surface area (Å²) < 4.78 is 0. The summed E-state index contributed by atoms with van der Waals surface area (Å²) in [6, 6.07) is 0.767. The van der Waals surface area contributed by atoms with Crippen molar-refractivity contribution in [1.29, 1.82) is 0 Å². The Morgan fingerprint density at radius 2 is 2.00 bits per heavy atom. The molecule has 0 saturated carbocycles. The van der Waals surface area contributed by atoms with Crippen LogP contribution in [0.5, 0.6) is 0 Å². The molecular weight excluding hydrogens is 134 g/mol. The maximum atomic E-state index is 4.01. The lowest BCUT2D eigenvalue weighted by molar-refractivity contribution is 0.191. The zero-order chi connectivity index (χ0) is 8.27. The van der Waals surface area contributed by atoms with Gasteiger partial charge in [-0.1, -0.05) is 19.1 Å². The first-order valence-corrected chi connectivity index (χ1v) is 4.64. The van der Waals surface area contributed by atoms with Crippen LogP contribution >= 0.6 is 0 Å². The van der Waals surface area contributed by atoms with Crippen molar-refractivity contribution in [2.45, 2.75) is 39.2 Å². The Morgan fingerprint density at radius 3 is 2.45 bits per heavy atom. The lowest BCUT2D eigenvalue weighted by atomic mass is 10.0. The van der Waals surface area contributed by atoms with E-state index in [2.05, 4.69) is 25.3 Å². The minimum absolute atomic E-state index is 0.767. The van der Waals surface area contributed by atoms with Gasteiger partial charge in [0.2, 0.25) is 0 Å². The maximum absolute atomic E-state index is 4.01. The van der Waals surface area contributed by atoms with Gasteiger partial charge < -0.3 is 4.90 Å². The lowest BCUT2D eigenvalue weighted by Gasteiger charge is -2.32. The summed E-state index contributed by atoms with van der Waals surface area (Å²) in [6.07, 6.45) is 3.70. The van der Waals surface area contributed by atoms with Gasteiger partial charge in [-0.25, -0.2) is 0 Å². The summed E-state index contributed by atoms with van der Waals surface area (Å²) in [5.41, 5.74) is 1.43. The highest BCUT2D eigenvalue weighted by atomic mass is 15.1. The van der Waals surface area contributed by atoms with E-state index in [9.17, 15) is 0 Å². The molecule has 0 spiro atoms. The minimum atomic E-state index is 0.767. The first-order chi connectivity index (χ1) is 5.24. The molecule has 1 atom stereocenters. The van der Waals surface area contributed by atoms with E-state index >= 15 is 0 Å². The standard InChI is InChI=1S/C10H19N/c1-4-10(3)11-7-5-9(2)6-8-11/h10H,2,4-8H2,1,3H3. The smallest absolute Gasteiger partial charge is 0.00645 e. The van der Waals surface area contributed by atoms with E-state index in [0.29, 0.717) is 0 Å². The second-order valence-corrected chi connectivity index (χ2v) is 3.54.